The van der Waals surface area contributed by atoms with Crippen LogP contribution in [0.1, 0.15) is 17.2 Å². The molecule has 3 heterocycles. The molecule has 114 valence electrons. The summed E-state index contributed by atoms with van der Waals surface area (Å²) in [7, 11) is 0. The van der Waals surface area contributed by atoms with Gasteiger partial charge in [0.15, 0.2) is 11.5 Å². The van der Waals surface area contributed by atoms with Crippen LogP contribution in [0.2, 0.25) is 0 Å². The van der Waals surface area contributed by atoms with Crippen molar-refractivity contribution in [2.75, 3.05) is 24.6 Å². The molecule has 0 saturated carbocycles. The lowest BCUT2D eigenvalue weighted by molar-refractivity contribution is 0.0393. The minimum atomic E-state index is -0.161. The van der Waals surface area contributed by atoms with Crippen LogP contribution in [0.3, 0.4) is 0 Å². The Morgan fingerprint density at radius 1 is 1.22 bits per heavy atom. The lowest BCUT2D eigenvalue weighted by Crippen LogP contribution is -2.39. The summed E-state index contributed by atoms with van der Waals surface area (Å²) in [6.07, 6.45) is -0.161. The van der Waals surface area contributed by atoms with Gasteiger partial charge >= 0.3 is 0 Å². The molecule has 0 radical (unpaired) electrons. The van der Waals surface area contributed by atoms with Gasteiger partial charge in [-0.05, 0) is 28.6 Å². The van der Waals surface area contributed by atoms with E-state index >= 15 is 0 Å². The van der Waals surface area contributed by atoms with Crippen LogP contribution in [0.25, 0.3) is 5.65 Å². The molecule has 2 aromatic heterocycles. The third-order valence-corrected chi connectivity index (χ3v) is 3.87. The van der Waals surface area contributed by atoms with E-state index in [0.717, 1.165) is 17.9 Å². The molecule has 1 unspecified atom stereocenters. The highest BCUT2D eigenvalue weighted by Crippen LogP contribution is 2.27. The first-order valence-electron chi connectivity index (χ1n) is 7.26. The summed E-state index contributed by atoms with van der Waals surface area (Å²) in [5, 5.41) is 25.0. The van der Waals surface area contributed by atoms with Crippen molar-refractivity contribution >= 4 is 11.5 Å². The van der Waals surface area contributed by atoms with Crippen molar-refractivity contribution in [1.82, 2.24) is 25.3 Å². The van der Waals surface area contributed by atoms with Crippen LogP contribution in [-0.2, 0) is 4.74 Å². The fraction of sp³-hybridized carbons (Fsp3) is 0.267. The first-order valence-corrected chi connectivity index (χ1v) is 7.26. The van der Waals surface area contributed by atoms with E-state index in [9.17, 15) is 5.26 Å². The third-order valence-electron chi connectivity index (χ3n) is 3.87. The quantitative estimate of drug-likeness (QED) is 0.696. The molecule has 4 rings (SSSR count). The number of tetrazole rings is 1. The molecule has 1 atom stereocenters. The highest BCUT2D eigenvalue weighted by atomic mass is 16.5. The highest BCUT2D eigenvalue weighted by Gasteiger charge is 2.25. The topological polar surface area (TPSA) is 92.2 Å². The van der Waals surface area contributed by atoms with Crippen molar-refractivity contribution in [3.05, 3.63) is 47.5 Å². The maximum Gasteiger partial charge on any atom is 0.200 e. The fourth-order valence-corrected chi connectivity index (χ4v) is 2.73. The van der Waals surface area contributed by atoms with Crippen LogP contribution < -0.4 is 4.90 Å². The second-order valence-electron chi connectivity index (χ2n) is 5.22. The average molecular weight is 307 g/mol. The van der Waals surface area contributed by atoms with Crippen molar-refractivity contribution in [3.8, 4) is 6.07 Å². The van der Waals surface area contributed by atoms with Crippen molar-refractivity contribution < 1.29 is 4.74 Å². The number of ether oxygens (including phenoxy) is 1. The van der Waals surface area contributed by atoms with E-state index in [-0.39, 0.29) is 6.10 Å². The third kappa shape index (κ3) is 2.47. The maximum atomic E-state index is 9.27. The molecule has 1 aliphatic heterocycles. The molecule has 0 bridgehead atoms. The molecular weight excluding hydrogens is 294 g/mol. The van der Waals surface area contributed by atoms with Crippen LogP contribution in [0.15, 0.2) is 36.4 Å². The van der Waals surface area contributed by atoms with Crippen LogP contribution in [-0.4, -0.2) is 45.0 Å². The smallest absolute Gasteiger partial charge is 0.200 e. The number of nitrogens with zero attached hydrogens (tertiary/aromatic N) is 7. The molecule has 8 heteroatoms. The lowest BCUT2D eigenvalue weighted by Gasteiger charge is -2.34. The summed E-state index contributed by atoms with van der Waals surface area (Å²) in [6, 6.07) is 13.5. The fourth-order valence-electron chi connectivity index (χ4n) is 2.73. The van der Waals surface area contributed by atoms with Gasteiger partial charge in [0.2, 0.25) is 0 Å². The van der Waals surface area contributed by atoms with E-state index in [1.165, 1.54) is 4.63 Å². The molecule has 1 saturated heterocycles. The molecule has 1 fully saturated rings. The zero-order valence-electron chi connectivity index (χ0n) is 12.2. The van der Waals surface area contributed by atoms with Gasteiger partial charge in [0.25, 0.3) is 0 Å². The molecule has 8 nitrogen and oxygen atoms in total. The van der Waals surface area contributed by atoms with Crippen LogP contribution in [0, 0.1) is 11.3 Å². The van der Waals surface area contributed by atoms with Gasteiger partial charge in [-0.3, -0.25) is 0 Å². The standard InChI is InChI=1S/C15H13N7O/c16-9-11-3-1-2-4-12(11)13-10-21(7-8-23-13)15-6-5-14-17-19-20-22(14)18-15/h1-6,13H,7-8,10H2. The van der Waals surface area contributed by atoms with Crippen molar-refractivity contribution in [3.63, 3.8) is 0 Å². The van der Waals surface area contributed by atoms with E-state index in [1.807, 2.05) is 36.4 Å². The molecule has 0 aliphatic carbocycles. The number of rotatable bonds is 2. The number of aromatic nitrogens is 5. The monoisotopic (exact) mass is 307 g/mol. The number of anilines is 1. The zero-order valence-corrected chi connectivity index (χ0v) is 12.2. The van der Waals surface area contributed by atoms with Crippen LogP contribution in [0.5, 0.6) is 0 Å². The summed E-state index contributed by atoms with van der Waals surface area (Å²) in [6.45, 7) is 1.92. The number of benzene rings is 1. The van der Waals surface area contributed by atoms with Gasteiger partial charge in [0.1, 0.15) is 6.10 Å². The Kier molecular flexibility index (Phi) is 3.33. The Balaban J connectivity index is 1.63. The van der Waals surface area contributed by atoms with E-state index in [4.69, 9.17) is 4.74 Å². The van der Waals surface area contributed by atoms with Gasteiger partial charge < -0.3 is 9.64 Å². The number of morpholine rings is 1. The first-order chi connectivity index (χ1) is 11.3. The zero-order chi connectivity index (χ0) is 15.6. The van der Waals surface area contributed by atoms with E-state index in [2.05, 4.69) is 31.6 Å². The Labute approximate surface area is 131 Å². The van der Waals surface area contributed by atoms with Crippen molar-refractivity contribution in [1.29, 1.82) is 5.26 Å². The Bertz CT molecular complexity index is 885. The first kappa shape index (κ1) is 13.6. The average Bonchev–Trinajstić information content (AvgIpc) is 3.09. The number of nitriles is 1. The molecule has 0 N–H and O–H groups in total. The molecule has 1 aromatic carbocycles. The van der Waals surface area contributed by atoms with Crippen molar-refractivity contribution in [2.24, 2.45) is 0 Å². The van der Waals surface area contributed by atoms with Crippen LogP contribution in [0.4, 0.5) is 5.82 Å². The van der Waals surface area contributed by atoms with Gasteiger partial charge in [0, 0.05) is 18.7 Å². The summed E-state index contributed by atoms with van der Waals surface area (Å²) < 4.78 is 7.27. The van der Waals surface area contributed by atoms with Gasteiger partial charge in [0.05, 0.1) is 18.2 Å². The number of hydrogen-bond donors (Lipinski definition) is 0. The Morgan fingerprint density at radius 3 is 3.04 bits per heavy atom. The number of hydrogen-bond acceptors (Lipinski definition) is 7. The SMILES string of the molecule is N#Cc1ccccc1C1CN(c2ccc3nnnn3n2)CCO1. The van der Waals surface area contributed by atoms with Crippen molar-refractivity contribution in [2.45, 2.75) is 6.10 Å². The summed E-state index contributed by atoms with van der Waals surface area (Å²) in [4.78, 5) is 2.11. The summed E-state index contributed by atoms with van der Waals surface area (Å²) >= 11 is 0. The van der Waals surface area contributed by atoms with E-state index in [0.29, 0.717) is 24.4 Å². The maximum absolute atomic E-state index is 9.27. The second-order valence-corrected chi connectivity index (χ2v) is 5.22. The van der Waals surface area contributed by atoms with E-state index in [1.54, 1.807) is 0 Å². The number of fused-ring (bicyclic) bond motifs is 1. The van der Waals surface area contributed by atoms with Gasteiger partial charge in [-0.15, -0.1) is 14.8 Å². The second kappa shape index (κ2) is 5.62. The highest BCUT2D eigenvalue weighted by molar-refractivity contribution is 5.46. The van der Waals surface area contributed by atoms with Gasteiger partial charge in [-0.1, -0.05) is 18.2 Å². The normalized spacial score (nSPS) is 18.0. The predicted molar refractivity (Wildman–Crippen MR) is 80.6 cm³/mol. The van der Waals surface area contributed by atoms with Crippen LogP contribution >= 0.6 is 0 Å². The molecule has 23 heavy (non-hydrogen) atoms. The molecule has 0 amide bonds. The molecule has 1 aliphatic rings. The summed E-state index contributed by atoms with van der Waals surface area (Å²) in [5.41, 5.74) is 2.15. The molecular formula is C15H13N7O. The Morgan fingerprint density at radius 2 is 2.13 bits per heavy atom. The van der Waals surface area contributed by atoms with Gasteiger partial charge in [-0.25, -0.2) is 0 Å². The van der Waals surface area contributed by atoms with E-state index < -0.39 is 0 Å². The Hall–Kier alpha value is -3.05. The molecule has 0 spiro atoms. The predicted octanol–water partition coefficient (Wildman–Crippen LogP) is 0.969. The molecule has 3 aromatic rings. The minimum Gasteiger partial charge on any atom is -0.370 e. The largest absolute Gasteiger partial charge is 0.370 e. The van der Waals surface area contributed by atoms with Gasteiger partial charge in [-0.2, -0.15) is 5.26 Å². The minimum absolute atomic E-state index is 0.161. The lowest BCUT2D eigenvalue weighted by atomic mass is 10.0. The summed E-state index contributed by atoms with van der Waals surface area (Å²) in [5.74, 6) is 0.785.